The van der Waals surface area contributed by atoms with Crippen LogP contribution in [0.25, 0.3) is 22.4 Å². The van der Waals surface area contributed by atoms with Gasteiger partial charge in [0, 0.05) is 11.6 Å². The van der Waals surface area contributed by atoms with Gasteiger partial charge < -0.3 is 10.7 Å². The first-order valence-corrected chi connectivity index (χ1v) is 6.14. The Morgan fingerprint density at radius 3 is 2.79 bits per heavy atom. The van der Waals surface area contributed by atoms with Crippen molar-refractivity contribution in [2.24, 2.45) is 5.73 Å². The summed E-state index contributed by atoms with van der Waals surface area (Å²) in [6.07, 6.45) is 0. The molecule has 1 aromatic heterocycles. The molecule has 0 saturated heterocycles. The van der Waals surface area contributed by atoms with E-state index in [1.54, 1.807) is 6.07 Å². The SMILES string of the molecule is CC(N)c1ccc2nc(-c3cccc(F)c3)[nH]c2c1. The minimum absolute atomic E-state index is 0.0229. The highest BCUT2D eigenvalue weighted by Crippen LogP contribution is 2.23. The van der Waals surface area contributed by atoms with Crippen LogP contribution in [0.2, 0.25) is 0 Å². The summed E-state index contributed by atoms with van der Waals surface area (Å²) in [7, 11) is 0. The molecule has 96 valence electrons. The maximum atomic E-state index is 13.2. The van der Waals surface area contributed by atoms with Gasteiger partial charge in [-0.2, -0.15) is 0 Å². The average molecular weight is 255 g/mol. The third kappa shape index (κ3) is 2.22. The molecule has 0 aliphatic heterocycles. The number of hydrogen-bond acceptors (Lipinski definition) is 2. The molecule has 3 aromatic rings. The summed E-state index contributed by atoms with van der Waals surface area (Å²) in [6, 6.07) is 12.2. The van der Waals surface area contributed by atoms with E-state index in [4.69, 9.17) is 5.73 Å². The van der Waals surface area contributed by atoms with Crippen molar-refractivity contribution in [1.82, 2.24) is 9.97 Å². The van der Waals surface area contributed by atoms with Crippen molar-refractivity contribution in [3.8, 4) is 11.4 Å². The number of rotatable bonds is 2. The van der Waals surface area contributed by atoms with E-state index in [9.17, 15) is 4.39 Å². The van der Waals surface area contributed by atoms with Gasteiger partial charge in [-0.05, 0) is 36.8 Å². The summed E-state index contributed by atoms with van der Waals surface area (Å²) in [5.41, 5.74) is 9.40. The molecule has 0 bridgehead atoms. The van der Waals surface area contributed by atoms with Crippen molar-refractivity contribution in [3.05, 3.63) is 53.8 Å². The Morgan fingerprint density at radius 2 is 2.05 bits per heavy atom. The van der Waals surface area contributed by atoms with Crippen LogP contribution in [0.3, 0.4) is 0 Å². The van der Waals surface area contributed by atoms with Crippen LogP contribution >= 0.6 is 0 Å². The van der Waals surface area contributed by atoms with Gasteiger partial charge in [-0.25, -0.2) is 9.37 Å². The standard InChI is InChI=1S/C15H14FN3/c1-9(17)10-5-6-13-14(8-10)19-15(18-13)11-3-2-4-12(16)7-11/h2-9H,17H2,1H3,(H,18,19). The molecule has 1 unspecified atom stereocenters. The Balaban J connectivity index is 2.11. The monoisotopic (exact) mass is 255 g/mol. The summed E-state index contributed by atoms with van der Waals surface area (Å²) in [5, 5.41) is 0. The fourth-order valence-corrected chi connectivity index (χ4v) is 2.08. The second-order valence-electron chi connectivity index (χ2n) is 4.66. The van der Waals surface area contributed by atoms with Crippen molar-refractivity contribution < 1.29 is 4.39 Å². The lowest BCUT2D eigenvalue weighted by Crippen LogP contribution is -2.04. The zero-order chi connectivity index (χ0) is 13.4. The van der Waals surface area contributed by atoms with Gasteiger partial charge in [-0.1, -0.05) is 18.2 Å². The number of imidazole rings is 1. The van der Waals surface area contributed by atoms with Gasteiger partial charge in [0.2, 0.25) is 0 Å². The number of fused-ring (bicyclic) bond motifs is 1. The predicted octanol–water partition coefficient (Wildman–Crippen LogP) is 3.39. The number of hydrogen-bond donors (Lipinski definition) is 2. The maximum absolute atomic E-state index is 13.2. The van der Waals surface area contributed by atoms with Crippen molar-refractivity contribution >= 4 is 11.0 Å². The largest absolute Gasteiger partial charge is 0.338 e. The minimum atomic E-state index is -0.269. The highest BCUT2D eigenvalue weighted by atomic mass is 19.1. The molecule has 0 aliphatic rings. The van der Waals surface area contributed by atoms with Gasteiger partial charge in [0.1, 0.15) is 11.6 Å². The van der Waals surface area contributed by atoms with Crippen molar-refractivity contribution in [2.45, 2.75) is 13.0 Å². The van der Waals surface area contributed by atoms with Crippen LogP contribution in [-0.2, 0) is 0 Å². The molecule has 1 atom stereocenters. The normalized spacial score (nSPS) is 12.8. The molecule has 0 fully saturated rings. The zero-order valence-corrected chi connectivity index (χ0v) is 10.5. The predicted molar refractivity (Wildman–Crippen MR) is 74.1 cm³/mol. The maximum Gasteiger partial charge on any atom is 0.138 e. The molecule has 1 heterocycles. The molecule has 0 radical (unpaired) electrons. The number of halogens is 1. The van der Waals surface area contributed by atoms with E-state index in [-0.39, 0.29) is 11.9 Å². The highest BCUT2D eigenvalue weighted by molar-refractivity contribution is 5.80. The van der Waals surface area contributed by atoms with Gasteiger partial charge in [0.25, 0.3) is 0 Å². The van der Waals surface area contributed by atoms with Crippen molar-refractivity contribution in [3.63, 3.8) is 0 Å². The van der Waals surface area contributed by atoms with Crippen molar-refractivity contribution in [1.29, 1.82) is 0 Å². The molecular formula is C15H14FN3. The summed E-state index contributed by atoms with van der Waals surface area (Å²) in [5.74, 6) is 0.394. The quantitative estimate of drug-likeness (QED) is 0.737. The van der Waals surface area contributed by atoms with Gasteiger partial charge in [0.15, 0.2) is 0 Å². The van der Waals surface area contributed by atoms with Crippen LogP contribution in [0.4, 0.5) is 4.39 Å². The summed E-state index contributed by atoms with van der Waals surface area (Å²) in [6.45, 7) is 1.94. The third-order valence-electron chi connectivity index (χ3n) is 3.13. The second kappa shape index (κ2) is 4.48. The first kappa shape index (κ1) is 11.9. The van der Waals surface area contributed by atoms with Gasteiger partial charge >= 0.3 is 0 Å². The van der Waals surface area contributed by atoms with E-state index >= 15 is 0 Å². The number of nitrogens with two attached hydrogens (primary N) is 1. The van der Waals surface area contributed by atoms with Gasteiger partial charge in [-0.15, -0.1) is 0 Å². The van der Waals surface area contributed by atoms with Crippen LogP contribution in [0.5, 0.6) is 0 Å². The molecule has 19 heavy (non-hydrogen) atoms. The fraction of sp³-hybridized carbons (Fsp3) is 0.133. The molecule has 2 aromatic carbocycles. The van der Waals surface area contributed by atoms with E-state index in [2.05, 4.69) is 9.97 Å². The smallest absolute Gasteiger partial charge is 0.138 e. The van der Waals surface area contributed by atoms with E-state index in [1.165, 1.54) is 12.1 Å². The van der Waals surface area contributed by atoms with Gasteiger partial charge in [0.05, 0.1) is 11.0 Å². The Bertz CT molecular complexity index is 731. The number of aromatic nitrogens is 2. The van der Waals surface area contributed by atoms with Gasteiger partial charge in [-0.3, -0.25) is 0 Å². The number of benzene rings is 2. The summed E-state index contributed by atoms with van der Waals surface area (Å²) in [4.78, 5) is 7.66. The summed E-state index contributed by atoms with van der Waals surface area (Å²) >= 11 is 0. The van der Waals surface area contributed by atoms with E-state index in [0.717, 1.165) is 22.2 Å². The van der Waals surface area contributed by atoms with Crippen LogP contribution < -0.4 is 5.73 Å². The van der Waals surface area contributed by atoms with E-state index in [1.807, 2.05) is 31.2 Å². The number of nitrogens with zero attached hydrogens (tertiary/aromatic N) is 1. The molecule has 4 heteroatoms. The van der Waals surface area contributed by atoms with E-state index < -0.39 is 0 Å². The zero-order valence-electron chi connectivity index (χ0n) is 10.5. The second-order valence-corrected chi connectivity index (χ2v) is 4.66. The van der Waals surface area contributed by atoms with E-state index in [0.29, 0.717) is 5.82 Å². The third-order valence-corrected chi connectivity index (χ3v) is 3.13. The Hall–Kier alpha value is -2.20. The highest BCUT2D eigenvalue weighted by Gasteiger charge is 2.08. The van der Waals surface area contributed by atoms with Crippen LogP contribution in [0.1, 0.15) is 18.5 Å². The number of nitrogens with one attached hydrogen (secondary N) is 1. The Labute approximate surface area is 110 Å². The lowest BCUT2D eigenvalue weighted by atomic mass is 10.1. The molecule has 3 N–H and O–H groups in total. The molecule has 0 spiro atoms. The van der Waals surface area contributed by atoms with Crippen LogP contribution in [0.15, 0.2) is 42.5 Å². The molecular weight excluding hydrogens is 241 g/mol. The summed E-state index contributed by atoms with van der Waals surface area (Å²) < 4.78 is 13.2. The minimum Gasteiger partial charge on any atom is -0.338 e. The molecule has 0 amide bonds. The molecule has 0 saturated carbocycles. The van der Waals surface area contributed by atoms with Crippen LogP contribution in [0, 0.1) is 5.82 Å². The number of aromatic amines is 1. The Morgan fingerprint density at radius 1 is 1.21 bits per heavy atom. The first-order valence-electron chi connectivity index (χ1n) is 6.14. The lowest BCUT2D eigenvalue weighted by molar-refractivity contribution is 0.628. The molecule has 0 aliphatic carbocycles. The Kier molecular flexibility index (Phi) is 2.80. The topological polar surface area (TPSA) is 54.7 Å². The average Bonchev–Trinajstić information content (AvgIpc) is 2.81. The molecule has 3 rings (SSSR count). The number of H-pyrrole nitrogens is 1. The van der Waals surface area contributed by atoms with Crippen molar-refractivity contribution in [2.75, 3.05) is 0 Å². The first-order chi connectivity index (χ1) is 9.13. The lowest BCUT2D eigenvalue weighted by Gasteiger charge is -2.03. The fourth-order valence-electron chi connectivity index (χ4n) is 2.08. The van der Waals surface area contributed by atoms with Crippen LogP contribution in [-0.4, -0.2) is 9.97 Å². The molecule has 3 nitrogen and oxygen atoms in total.